The molecule has 0 amide bonds. The second kappa shape index (κ2) is 8.27. The van der Waals surface area contributed by atoms with Crippen molar-refractivity contribution in [1.82, 2.24) is 4.72 Å². The van der Waals surface area contributed by atoms with E-state index in [9.17, 15) is 17.7 Å². The number of nitrogens with one attached hydrogen (secondary N) is 1. The molecule has 0 heterocycles. The van der Waals surface area contributed by atoms with Crippen LogP contribution in [-0.2, 0) is 11.4 Å². The minimum Gasteiger partial charge on any atom is -0.598 e. The summed E-state index contributed by atoms with van der Waals surface area (Å²) in [6.45, 7) is 5.17. The first-order chi connectivity index (χ1) is 12.5. The molecule has 0 aromatic carbocycles. The van der Waals surface area contributed by atoms with Crippen LogP contribution in [0, 0.1) is 17.3 Å². The minimum absolute atomic E-state index is 0.426. The number of alkyl halides is 3. The van der Waals surface area contributed by atoms with Crippen LogP contribution < -0.4 is 4.72 Å². The number of rotatable bonds is 8. The van der Waals surface area contributed by atoms with E-state index in [0.717, 1.165) is 31.6 Å². The van der Waals surface area contributed by atoms with Crippen LogP contribution in [0.2, 0.25) is 0 Å². The van der Waals surface area contributed by atoms with Crippen molar-refractivity contribution in [1.29, 1.82) is 0 Å². The van der Waals surface area contributed by atoms with Crippen LogP contribution >= 0.6 is 11.8 Å². The molecule has 158 valence electrons. The predicted molar refractivity (Wildman–Crippen MR) is 108 cm³/mol. The van der Waals surface area contributed by atoms with Crippen LogP contribution in [0.1, 0.15) is 78.6 Å². The predicted octanol–water partition coefficient (Wildman–Crippen LogP) is 5.84. The fraction of sp³-hybridized carbons (Fsp3) is 1.00. The molecule has 0 radical (unpaired) electrons. The lowest BCUT2D eigenvalue weighted by atomic mass is 9.66. The molecule has 0 aromatic heterocycles. The number of thioether (sulfide) groups is 1. The lowest BCUT2D eigenvalue weighted by Crippen LogP contribution is -2.59. The number of halogens is 3. The van der Waals surface area contributed by atoms with Crippen molar-refractivity contribution in [3.05, 3.63) is 0 Å². The first kappa shape index (κ1) is 22.1. The van der Waals surface area contributed by atoms with Gasteiger partial charge in [0.2, 0.25) is 0 Å². The molecule has 27 heavy (non-hydrogen) atoms. The van der Waals surface area contributed by atoms with Crippen molar-refractivity contribution >= 4 is 23.1 Å². The van der Waals surface area contributed by atoms with Crippen LogP contribution in [0.4, 0.5) is 13.2 Å². The lowest BCUT2D eigenvalue weighted by Gasteiger charge is -2.46. The Morgan fingerprint density at radius 3 is 2.04 bits per heavy atom. The summed E-state index contributed by atoms with van der Waals surface area (Å²) in [5.74, 6) is 2.46. The molecule has 7 heteroatoms. The zero-order valence-corrected chi connectivity index (χ0v) is 18.4. The summed E-state index contributed by atoms with van der Waals surface area (Å²) in [5.41, 5.74) is -0.795. The van der Waals surface area contributed by atoms with E-state index in [4.69, 9.17) is 0 Å². The van der Waals surface area contributed by atoms with Gasteiger partial charge in [-0.05, 0) is 88.7 Å². The van der Waals surface area contributed by atoms with E-state index >= 15 is 0 Å². The van der Waals surface area contributed by atoms with Gasteiger partial charge in [0.05, 0.1) is 0 Å². The summed E-state index contributed by atoms with van der Waals surface area (Å²) in [6, 6.07) is -1.67. The average Bonchev–Trinajstić information content (AvgIpc) is 3.45. The maximum atomic E-state index is 14.1. The van der Waals surface area contributed by atoms with E-state index in [1.807, 2.05) is 11.8 Å². The van der Waals surface area contributed by atoms with E-state index in [0.29, 0.717) is 30.4 Å². The van der Waals surface area contributed by atoms with Crippen LogP contribution in [0.3, 0.4) is 0 Å². The van der Waals surface area contributed by atoms with Crippen molar-refractivity contribution in [2.75, 3.05) is 5.75 Å². The van der Waals surface area contributed by atoms with Gasteiger partial charge in [-0.15, -0.1) is 4.72 Å². The largest absolute Gasteiger partial charge is 0.598 e. The fourth-order valence-corrected chi connectivity index (χ4v) is 6.62. The molecule has 0 saturated heterocycles. The van der Waals surface area contributed by atoms with E-state index in [1.165, 1.54) is 18.6 Å². The zero-order chi connectivity index (χ0) is 19.9. The molecule has 0 aliphatic heterocycles. The van der Waals surface area contributed by atoms with E-state index in [-0.39, 0.29) is 0 Å². The Hall–Kier alpha value is 0.410. The first-order valence-electron chi connectivity index (χ1n) is 10.4. The van der Waals surface area contributed by atoms with Crippen LogP contribution in [-0.4, -0.2) is 32.5 Å². The molecule has 3 rings (SSSR count). The average molecular weight is 426 g/mol. The number of hydrogen-bond acceptors (Lipinski definition) is 3. The van der Waals surface area contributed by atoms with Crippen LogP contribution in [0.5, 0.6) is 0 Å². The molecule has 3 aliphatic carbocycles. The SMILES string of the molecule is CC(C)(C)[S+]([O-])NC(C(F)(F)F)C1(CC2CC2)CCC(SCC2CC2)CC1. The maximum Gasteiger partial charge on any atom is 0.408 e. The van der Waals surface area contributed by atoms with Gasteiger partial charge in [0.25, 0.3) is 0 Å². The van der Waals surface area contributed by atoms with E-state index in [1.54, 1.807) is 20.8 Å². The van der Waals surface area contributed by atoms with Gasteiger partial charge in [-0.25, -0.2) is 0 Å². The monoisotopic (exact) mass is 425 g/mol. The molecule has 0 bridgehead atoms. The standard InChI is InChI=1S/C20H34F3NOS2/c1-18(2,3)27(25)24-17(20(21,22)23)19(12-14-4-5-14)10-8-16(9-11-19)26-13-15-6-7-15/h14-17,24H,4-13H2,1-3H3. The first-order valence-corrected chi connectivity index (χ1v) is 12.6. The summed E-state index contributed by atoms with van der Waals surface area (Å²) in [6.07, 6.45) is 3.93. The Morgan fingerprint density at radius 2 is 1.59 bits per heavy atom. The molecule has 2 nitrogen and oxygen atoms in total. The van der Waals surface area contributed by atoms with Gasteiger partial charge in [-0.1, -0.05) is 12.8 Å². The Labute approximate surface area is 169 Å². The second-order valence-corrected chi connectivity index (χ2v) is 13.3. The molecule has 2 atom stereocenters. The summed E-state index contributed by atoms with van der Waals surface area (Å²) < 4.78 is 56.8. The van der Waals surface area contributed by atoms with Crippen molar-refractivity contribution in [2.45, 2.75) is 101 Å². The molecule has 0 spiro atoms. The highest BCUT2D eigenvalue weighted by Crippen LogP contribution is 2.54. The Kier molecular flexibility index (Phi) is 6.77. The maximum absolute atomic E-state index is 14.1. The third-order valence-corrected chi connectivity index (χ3v) is 9.47. The minimum atomic E-state index is -4.37. The van der Waals surface area contributed by atoms with Gasteiger partial charge in [-0.3, -0.25) is 0 Å². The van der Waals surface area contributed by atoms with Gasteiger partial charge >= 0.3 is 6.18 Å². The summed E-state index contributed by atoms with van der Waals surface area (Å²) in [5, 5.41) is 0.500. The van der Waals surface area contributed by atoms with Crippen LogP contribution in [0.25, 0.3) is 0 Å². The third kappa shape index (κ3) is 6.19. The van der Waals surface area contributed by atoms with Gasteiger partial charge in [0, 0.05) is 16.6 Å². The molecule has 0 aromatic rings. The summed E-state index contributed by atoms with van der Waals surface area (Å²) in [4.78, 5) is 0. The molecule has 3 aliphatic rings. The van der Waals surface area contributed by atoms with Gasteiger partial charge in [0.1, 0.15) is 4.75 Å². The van der Waals surface area contributed by atoms with Gasteiger partial charge in [-0.2, -0.15) is 24.9 Å². The van der Waals surface area contributed by atoms with Gasteiger partial charge in [0.15, 0.2) is 6.04 Å². The molecular formula is C20H34F3NOS2. The highest BCUT2D eigenvalue weighted by Gasteiger charge is 2.58. The highest BCUT2D eigenvalue weighted by atomic mass is 32.2. The summed E-state index contributed by atoms with van der Waals surface area (Å²) >= 11 is 0.258. The topological polar surface area (TPSA) is 35.1 Å². The smallest absolute Gasteiger partial charge is 0.408 e. The van der Waals surface area contributed by atoms with Crippen molar-refractivity contribution in [3.63, 3.8) is 0 Å². The normalized spacial score (nSPS) is 32.3. The van der Waals surface area contributed by atoms with Crippen molar-refractivity contribution in [3.8, 4) is 0 Å². The third-order valence-electron chi connectivity index (χ3n) is 6.31. The molecule has 3 saturated carbocycles. The van der Waals surface area contributed by atoms with E-state index in [2.05, 4.69) is 4.72 Å². The van der Waals surface area contributed by atoms with E-state index < -0.39 is 33.7 Å². The van der Waals surface area contributed by atoms with Crippen molar-refractivity contribution < 1.29 is 17.7 Å². The molecule has 1 N–H and O–H groups in total. The molecular weight excluding hydrogens is 391 g/mol. The van der Waals surface area contributed by atoms with Crippen molar-refractivity contribution in [2.24, 2.45) is 17.3 Å². The Balaban J connectivity index is 1.71. The van der Waals surface area contributed by atoms with Gasteiger partial charge < -0.3 is 4.55 Å². The quantitative estimate of drug-likeness (QED) is 0.496. The van der Waals surface area contributed by atoms with Crippen LogP contribution in [0.15, 0.2) is 0 Å². The second-order valence-electron chi connectivity index (χ2n) is 9.96. The zero-order valence-electron chi connectivity index (χ0n) is 16.7. The number of hydrogen-bond donors (Lipinski definition) is 1. The highest BCUT2D eigenvalue weighted by molar-refractivity contribution is 7.99. The molecule has 3 fully saturated rings. The molecule has 2 unspecified atom stereocenters. The Bertz CT molecular complexity index is 492. The Morgan fingerprint density at radius 1 is 1.04 bits per heavy atom. The summed E-state index contributed by atoms with van der Waals surface area (Å²) in [7, 11) is 0. The lowest BCUT2D eigenvalue weighted by molar-refractivity contribution is -0.185. The fourth-order valence-electron chi connectivity index (χ4n) is 4.22.